The van der Waals surface area contributed by atoms with Crippen LogP contribution in [0.15, 0.2) is 12.1 Å². The molecule has 2 N–H and O–H groups in total. The lowest BCUT2D eigenvalue weighted by Gasteiger charge is -2.19. The Morgan fingerprint density at radius 2 is 2.32 bits per heavy atom. The monoisotopic (exact) mass is 259 g/mol. The van der Waals surface area contributed by atoms with Gasteiger partial charge in [-0.15, -0.1) is 0 Å². The third kappa shape index (κ3) is 2.21. The fourth-order valence-corrected chi connectivity index (χ4v) is 3.04. The smallest absolute Gasteiger partial charge is 0.251 e. The SMILES string of the molecule is CCCNC(=O)c1ccc2c3c1CCN3CCNC2. The van der Waals surface area contributed by atoms with Crippen LogP contribution in [0, 0.1) is 0 Å². The van der Waals surface area contributed by atoms with Gasteiger partial charge in [0, 0.05) is 44.0 Å². The molecule has 2 aliphatic rings. The molecule has 0 spiro atoms. The molecule has 2 heterocycles. The average molecular weight is 259 g/mol. The summed E-state index contributed by atoms with van der Waals surface area (Å²) in [5, 5.41) is 6.43. The summed E-state index contributed by atoms with van der Waals surface area (Å²) in [5.74, 6) is 0.0821. The molecule has 3 rings (SSSR count). The van der Waals surface area contributed by atoms with E-state index < -0.39 is 0 Å². The molecule has 0 radical (unpaired) electrons. The minimum atomic E-state index is 0.0821. The Kier molecular flexibility index (Phi) is 3.42. The van der Waals surface area contributed by atoms with Crippen LogP contribution in [0.5, 0.6) is 0 Å². The maximum absolute atomic E-state index is 12.2. The van der Waals surface area contributed by atoms with E-state index in [0.717, 1.165) is 51.1 Å². The number of anilines is 1. The summed E-state index contributed by atoms with van der Waals surface area (Å²) in [4.78, 5) is 14.6. The van der Waals surface area contributed by atoms with E-state index in [4.69, 9.17) is 0 Å². The van der Waals surface area contributed by atoms with E-state index in [1.807, 2.05) is 6.07 Å². The largest absolute Gasteiger partial charge is 0.369 e. The Labute approximate surface area is 114 Å². The molecule has 0 saturated carbocycles. The molecular weight excluding hydrogens is 238 g/mol. The molecule has 2 aliphatic heterocycles. The highest BCUT2D eigenvalue weighted by atomic mass is 16.1. The van der Waals surface area contributed by atoms with Gasteiger partial charge in [-0.3, -0.25) is 4.79 Å². The first-order chi connectivity index (χ1) is 9.31. The summed E-state index contributed by atoms with van der Waals surface area (Å²) >= 11 is 0. The number of hydrogen-bond acceptors (Lipinski definition) is 3. The highest BCUT2D eigenvalue weighted by Crippen LogP contribution is 2.35. The van der Waals surface area contributed by atoms with Gasteiger partial charge >= 0.3 is 0 Å². The van der Waals surface area contributed by atoms with E-state index in [-0.39, 0.29) is 5.91 Å². The molecule has 4 heteroatoms. The number of carbonyl (C=O) groups excluding carboxylic acids is 1. The highest BCUT2D eigenvalue weighted by molar-refractivity contribution is 5.98. The topological polar surface area (TPSA) is 44.4 Å². The van der Waals surface area contributed by atoms with Gasteiger partial charge in [-0.25, -0.2) is 0 Å². The first kappa shape index (κ1) is 12.5. The third-order valence-electron chi connectivity index (χ3n) is 3.97. The fraction of sp³-hybridized carbons (Fsp3) is 0.533. The number of carbonyl (C=O) groups is 1. The van der Waals surface area contributed by atoms with Crippen molar-refractivity contribution in [2.75, 3.05) is 31.1 Å². The van der Waals surface area contributed by atoms with Crippen LogP contribution in [-0.4, -0.2) is 32.1 Å². The first-order valence-electron chi connectivity index (χ1n) is 7.20. The molecule has 0 bridgehead atoms. The predicted octanol–water partition coefficient (Wildman–Crippen LogP) is 1.29. The van der Waals surface area contributed by atoms with Gasteiger partial charge in [0.25, 0.3) is 5.91 Å². The molecule has 19 heavy (non-hydrogen) atoms. The zero-order chi connectivity index (χ0) is 13.2. The summed E-state index contributed by atoms with van der Waals surface area (Å²) in [6.07, 6.45) is 1.97. The Morgan fingerprint density at radius 1 is 1.42 bits per heavy atom. The predicted molar refractivity (Wildman–Crippen MR) is 76.7 cm³/mol. The number of rotatable bonds is 3. The van der Waals surface area contributed by atoms with Crippen molar-refractivity contribution in [3.8, 4) is 0 Å². The molecule has 0 aromatic heterocycles. The van der Waals surface area contributed by atoms with Crippen LogP contribution in [0.1, 0.15) is 34.8 Å². The Balaban J connectivity index is 1.96. The summed E-state index contributed by atoms with van der Waals surface area (Å²) < 4.78 is 0. The van der Waals surface area contributed by atoms with Crippen LogP contribution >= 0.6 is 0 Å². The molecule has 0 aliphatic carbocycles. The van der Waals surface area contributed by atoms with E-state index in [1.54, 1.807) is 0 Å². The van der Waals surface area contributed by atoms with Gasteiger partial charge in [0.1, 0.15) is 0 Å². The normalized spacial score (nSPS) is 17.0. The second kappa shape index (κ2) is 5.21. The van der Waals surface area contributed by atoms with Gasteiger partial charge in [0.2, 0.25) is 0 Å². The van der Waals surface area contributed by atoms with Crippen LogP contribution in [0.3, 0.4) is 0 Å². The lowest BCUT2D eigenvalue weighted by molar-refractivity contribution is 0.0953. The van der Waals surface area contributed by atoms with Crippen molar-refractivity contribution in [1.82, 2.24) is 10.6 Å². The Hall–Kier alpha value is -1.55. The van der Waals surface area contributed by atoms with Gasteiger partial charge in [-0.2, -0.15) is 0 Å². The molecule has 1 amide bonds. The van der Waals surface area contributed by atoms with E-state index in [2.05, 4.69) is 28.5 Å². The number of nitrogens with one attached hydrogen (secondary N) is 2. The molecule has 0 unspecified atom stereocenters. The second-order valence-electron chi connectivity index (χ2n) is 5.27. The molecule has 0 fully saturated rings. The van der Waals surface area contributed by atoms with Crippen molar-refractivity contribution < 1.29 is 4.79 Å². The standard InChI is InChI=1S/C15H21N3O/c1-2-6-17-15(19)13-4-3-11-10-16-7-9-18-8-5-12(13)14(11)18/h3-4,16H,2,5-10H2,1H3,(H,17,19). The average Bonchev–Trinajstić information content (AvgIpc) is 2.73. The second-order valence-corrected chi connectivity index (χ2v) is 5.27. The molecule has 102 valence electrons. The van der Waals surface area contributed by atoms with Gasteiger partial charge < -0.3 is 15.5 Å². The number of amides is 1. The zero-order valence-corrected chi connectivity index (χ0v) is 11.5. The minimum Gasteiger partial charge on any atom is -0.369 e. The van der Waals surface area contributed by atoms with Crippen molar-refractivity contribution in [3.63, 3.8) is 0 Å². The van der Waals surface area contributed by atoms with Crippen molar-refractivity contribution in [2.24, 2.45) is 0 Å². The van der Waals surface area contributed by atoms with E-state index >= 15 is 0 Å². The molecule has 4 nitrogen and oxygen atoms in total. The van der Waals surface area contributed by atoms with E-state index in [0.29, 0.717) is 0 Å². The van der Waals surface area contributed by atoms with E-state index in [1.165, 1.54) is 16.8 Å². The van der Waals surface area contributed by atoms with Gasteiger partial charge in [-0.1, -0.05) is 13.0 Å². The maximum atomic E-state index is 12.2. The maximum Gasteiger partial charge on any atom is 0.251 e. The van der Waals surface area contributed by atoms with Crippen LogP contribution < -0.4 is 15.5 Å². The number of benzene rings is 1. The molecule has 0 saturated heterocycles. The molecular formula is C15H21N3O. The molecule has 1 aromatic carbocycles. The summed E-state index contributed by atoms with van der Waals surface area (Å²) in [5.41, 5.74) is 4.76. The highest BCUT2D eigenvalue weighted by Gasteiger charge is 2.28. The summed E-state index contributed by atoms with van der Waals surface area (Å²) in [6, 6.07) is 4.10. The summed E-state index contributed by atoms with van der Waals surface area (Å²) in [6.45, 7) is 6.84. The Bertz CT molecular complexity index is 498. The van der Waals surface area contributed by atoms with Crippen molar-refractivity contribution in [3.05, 3.63) is 28.8 Å². The number of nitrogens with zero attached hydrogens (tertiary/aromatic N) is 1. The zero-order valence-electron chi connectivity index (χ0n) is 11.5. The minimum absolute atomic E-state index is 0.0821. The van der Waals surface area contributed by atoms with E-state index in [9.17, 15) is 4.79 Å². The third-order valence-corrected chi connectivity index (χ3v) is 3.97. The first-order valence-corrected chi connectivity index (χ1v) is 7.20. The van der Waals surface area contributed by atoms with Crippen LogP contribution in [0.25, 0.3) is 0 Å². The van der Waals surface area contributed by atoms with Crippen molar-refractivity contribution >= 4 is 11.6 Å². The van der Waals surface area contributed by atoms with Gasteiger partial charge in [0.15, 0.2) is 0 Å². The van der Waals surface area contributed by atoms with Gasteiger partial charge in [0.05, 0.1) is 0 Å². The lowest BCUT2D eigenvalue weighted by atomic mass is 10.00. The van der Waals surface area contributed by atoms with Crippen molar-refractivity contribution in [2.45, 2.75) is 26.3 Å². The summed E-state index contributed by atoms with van der Waals surface area (Å²) in [7, 11) is 0. The fourth-order valence-electron chi connectivity index (χ4n) is 3.04. The molecule has 0 atom stereocenters. The lowest BCUT2D eigenvalue weighted by Crippen LogP contribution is -2.27. The van der Waals surface area contributed by atoms with Crippen molar-refractivity contribution in [1.29, 1.82) is 0 Å². The van der Waals surface area contributed by atoms with Crippen LogP contribution in [0.4, 0.5) is 5.69 Å². The van der Waals surface area contributed by atoms with Crippen LogP contribution in [0.2, 0.25) is 0 Å². The van der Waals surface area contributed by atoms with Gasteiger partial charge in [-0.05, 0) is 30.0 Å². The Morgan fingerprint density at radius 3 is 3.16 bits per heavy atom. The van der Waals surface area contributed by atoms with Crippen LogP contribution in [-0.2, 0) is 13.0 Å². The number of hydrogen-bond donors (Lipinski definition) is 2. The quantitative estimate of drug-likeness (QED) is 0.860. The molecule has 1 aromatic rings.